The quantitative estimate of drug-likeness (QED) is 0.236. The minimum Gasteiger partial charge on any atom is -0.508 e. The molecule has 0 bridgehead atoms. The summed E-state index contributed by atoms with van der Waals surface area (Å²) in [5.74, 6) is 0.0357. The number of aromatic hydroxyl groups is 1. The average molecular weight is 558 g/mol. The number of likely N-dealkylation sites (N-methyl/N-ethyl adjacent to an activating group) is 1. The third-order valence-corrected chi connectivity index (χ3v) is 7.79. The fraction of sp³-hybridized carbons (Fsp3) is 0.387. The van der Waals surface area contributed by atoms with E-state index in [1.165, 1.54) is 11.1 Å². The molecule has 3 rings (SSSR count). The van der Waals surface area contributed by atoms with Gasteiger partial charge in [0.25, 0.3) is 0 Å². The summed E-state index contributed by atoms with van der Waals surface area (Å²) in [6, 6.07) is 22.1. The normalized spacial score (nSPS) is 13.3. The van der Waals surface area contributed by atoms with Crippen LogP contribution in [-0.2, 0) is 21.4 Å². The Hall–Kier alpha value is -2.57. The molecule has 0 spiro atoms. The lowest BCUT2D eigenvalue weighted by Crippen LogP contribution is -2.42. The number of carbonyl (C=O) groups excluding carboxylic acids is 1. The highest BCUT2D eigenvalue weighted by Crippen LogP contribution is 2.42. The number of ether oxygens (including phenoxy) is 1. The molecule has 0 amide bonds. The van der Waals surface area contributed by atoms with Gasteiger partial charge in [0.2, 0.25) is 0 Å². The Bertz CT molecular complexity index is 1110. The Balaban J connectivity index is 1.67. The summed E-state index contributed by atoms with van der Waals surface area (Å²) in [6.07, 6.45) is 2.41. The van der Waals surface area contributed by atoms with Crippen molar-refractivity contribution in [2.24, 2.45) is 11.7 Å². The number of rotatable bonds is 13. The van der Waals surface area contributed by atoms with Crippen LogP contribution >= 0.6 is 23.2 Å². The predicted octanol–water partition coefficient (Wildman–Crippen LogP) is 6.47. The van der Waals surface area contributed by atoms with Crippen LogP contribution in [-0.4, -0.2) is 48.8 Å². The van der Waals surface area contributed by atoms with E-state index in [-0.39, 0.29) is 23.7 Å². The molecule has 0 fully saturated rings. The molecule has 5 nitrogen and oxygen atoms in total. The zero-order chi connectivity index (χ0) is 27.7. The predicted molar refractivity (Wildman–Crippen MR) is 156 cm³/mol. The summed E-state index contributed by atoms with van der Waals surface area (Å²) in [6.45, 7) is 6.16. The van der Waals surface area contributed by atoms with E-state index in [0.717, 1.165) is 24.9 Å². The lowest BCUT2D eigenvalue weighted by atomic mass is 9.65. The second-order valence-electron chi connectivity index (χ2n) is 10.1. The maximum Gasteiger partial charge on any atom is 0.323 e. The topological polar surface area (TPSA) is 75.8 Å². The molecular formula is C31H38Cl2N2O3. The molecule has 0 saturated carbocycles. The first-order valence-corrected chi connectivity index (χ1v) is 13.8. The maximum absolute atomic E-state index is 12.5. The SMILES string of the molecule is CCCC(CN(C)CCOC(=O)C(N)Cc1ccc(O)cc1)C(C)(c1ccc(Cl)cc1)c1ccc(Cl)cc1. The van der Waals surface area contributed by atoms with Crippen LogP contribution in [0.2, 0.25) is 10.0 Å². The molecule has 2 atom stereocenters. The van der Waals surface area contributed by atoms with Crippen LogP contribution in [0.15, 0.2) is 72.8 Å². The molecular weight excluding hydrogens is 519 g/mol. The fourth-order valence-electron chi connectivity index (χ4n) is 4.99. The molecule has 0 aliphatic rings. The van der Waals surface area contributed by atoms with E-state index < -0.39 is 12.0 Å². The van der Waals surface area contributed by atoms with Crippen LogP contribution in [0.4, 0.5) is 0 Å². The van der Waals surface area contributed by atoms with Gasteiger partial charge in [-0.05, 0) is 78.9 Å². The van der Waals surface area contributed by atoms with Crippen LogP contribution in [0.25, 0.3) is 0 Å². The smallest absolute Gasteiger partial charge is 0.323 e. The molecule has 0 saturated heterocycles. The summed E-state index contributed by atoms with van der Waals surface area (Å²) < 4.78 is 5.51. The van der Waals surface area contributed by atoms with Crippen molar-refractivity contribution in [1.82, 2.24) is 4.90 Å². The number of phenols is 1. The number of hydrogen-bond acceptors (Lipinski definition) is 5. The molecule has 2 unspecified atom stereocenters. The van der Waals surface area contributed by atoms with E-state index >= 15 is 0 Å². The Morgan fingerprint density at radius 3 is 2.00 bits per heavy atom. The van der Waals surface area contributed by atoms with Crippen molar-refractivity contribution in [2.75, 3.05) is 26.7 Å². The molecule has 0 aliphatic heterocycles. The van der Waals surface area contributed by atoms with Crippen LogP contribution in [0.1, 0.15) is 43.4 Å². The maximum atomic E-state index is 12.5. The van der Waals surface area contributed by atoms with Gasteiger partial charge < -0.3 is 20.5 Å². The van der Waals surface area contributed by atoms with E-state index in [1.54, 1.807) is 24.3 Å². The molecule has 3 aromatic carbocycles. The molecule has 0 aliphatic carbocycles. The largest absolute Gasteiger partial charge is 0.508 e. The molecule has 204 valence electrons. The Labute approximate surface area is 236 Å². The summed E-state index contributed by atoms with van der Waals surface area (Å²) in [5.41, 5.74) is 9.05. The first-order valence-electron chi connectivity index (χ1n) is 13.0. The third-order valence-electron chi connectivity index (χ3n) is 7.29. The standard InChI is InChI=1S/C31H38Cl2N2O3/c1-4-5-25(31(2,23-8-12-26(32)13-9-23)24-10-14-27(33)15-11-24)21-35(3)18-19-38-30(37)29(34)20-22-6-16-28(36)17-7-22/h6-17,25,29,36H,4-5,18-21,34H2,1-3H3. The summed E-state index contributed by atoms with van der Waals surface area (Å²) in [7, 11) is 2.05. The van der Waals surface area contributed by atoms with Crippen molar-refractivity contribution in [3.8, 4) is 5.75 Å². The molecule has 3 N–H and O–H groups in total. The molecule has 0 heterocycles. The van der Waals surface area contributed by atoms with E-state index in [1.807, 2.05) is 24.3 Å². The molecule has 3 aromatic rings. The fourth-order valence-corrected chi connectivity index (χ4v) is 5.24. The van der Waals surface area contributed by atoms with Crippen molar-refractivity contribution in [2.45, 2.75) is 44.6 Å². The molecule has 7 heteroatoms. The van der Waals surface area contributed by atoms with Crippen molar-refractivity contribution in [3.63, 3.8) is 0 Å². The lowest BCUT2D eigenvalue weighted by molar-refractivity contribution is -0.145. The van der Waals surface area contributed by atoms with Gasteiger partial charge in [-0.1, -0.05) is 79.9 Å². The number of benzene rings is 3. The highest BCUT2D eigenvalue weighted by Gasteiger charge is 2.37. The summed E-state index contributed by atoms with van der Waals surface area (Å²) >= 11 is 12.4. The second kappa shape index (κ2) is 14.0. The van der Waals surface area contributed by atoms with Gasteiger partial charge in [0, 0.05) is 28.5 Å². The number of phenolic OH excluding ortho intramolecular Hbond substituents is 1. The molecule has 0 aromatic heterocycles. The van der Waals surface area contributed by atoms with E-state index in [4.69, 9.17) is 33.7 Å². The van der Waals surface area contributed by atoms with Gasteiger partial charge in [0.05, 0.1) is 0 Å². The lowest BCUT2D eigenvalue weighted by Gasteiger charge is -2.41. The number of hydrogen-bond donors (Lipinski definition) is 2. The van der Waals surface area contributed by atoms with Crippen molar-refractivity contribution in [3.05, 3.63) is 99.5 Å². The van der Waals surface area contributed by atoms with E-state index in [9.17, 15) is 9.90 Å². The molecule has 38 heavy (non-hydrogen) atoms. The number of esters is 1. The minimum absolute atomic E-state index is 0.178. The van der Waals surface area contributed by atoms with Crippen LogP contribution in [0, 0.1) is 5.92 Å². The van der Waals surface area contributed by atoms with Gasteiger partial charge in [-0.15, -0.1) is 0 Å². The number of halogens is 2. The second-order valence-corrected chi connectivity index (χ2v) is 11.0. The first kappa shape index (κ1) is 30.0. The summed E-state index contributed by atoms with van der Waals surface area (Å²) in [4.78, 5) is 14.7. The Morgan fingerprint density at radius 2 is 1.50 bits per heavy atom. The minimum atomic E-state index is -0.754. The third kappa shape index (κ3) is 7.97. The van der Waals surface area contributed by atoms with Crippen molar-refractivity contribution < 1.29 is 14.6 Å². The van der Waals surface area contributed by atoms with Gasteiger partial charge in [-0.25, -0.2) is 0 Å². The van der Waals surface area contributed by atoms with Crippen molar-refractivity contribution >= 4 is 29.2 Å². The first-order chi connectivity index (χ1) is 18.1. The molecule has 0 radical (unpaired) electrons. The monoisotopic (exact) mass is 556 g/mol. The average Bonchev–Trinajstić information content (AvgIpc) is 2.90. The highest BCUT2D eigenvalue weighted by molar-refractivity contribution is 6.30. The Kier molecular flexibility index (Phi) is 11.0. The van der Waals surface area contributed by atoms with Crippen LogP contribution in [0.5, 0.6) is 5.75 Å². The van der Waals surface area contributed by atoms with Gasteiger partial charge in [0.1, 0.15) is 18.4 Å². The number of nitrogens with zero attached hydrogens (tertiary/aromatic N) is 1. The number of carbonyl (C=O) groups is 1. The zero-order valence-electron chi connectivity index (χ0n) is 22.4. The highest BCUT2D eigenvalue weighted by atomic mass is 35.5. The summed E-state index contributed by atoms with van der Waals surface area (Å²) in [5, 5.41) is 10.8. The van der Waals surface area contributed by atoms with Crippen molar-refractivity contribution in [1.29, 1.82) is 0 Å². The Morgan fingerprint density at radius 1 is 0.974 bits per heavy atom. The van der Waals surface area contributed by atoms with Gasteiger partial charge in [-0.2, -0.15) is 0 Å². The van der Waals surface area contributed by atoms with Gasteiger partial charge >= 0.3 is 5.97 Å². The van der Waals surface area contributed by atoms with Gasteiger partial charge in [0.15, 0.2) is 0 Å². The number of nitrogens with two attached hydrogens (primary N) is 1. The van der Waals surface area contributed by atoms with E-state index in [0.29, 0.717) is 23.0 Å². The zero-order valence-corrected chi connectivity index (χ0v) is 23.9. The van der Waals surface area contributed by atoms with Gasteiger partial charge in [-0.3, -0.25) is 4.79 Å². The van der Waals surface area contributed by atoms with Crippen LogP contribution in [0.3, 0.4) is 0 Å². The van der Waals surface area contributed by atoms with Crippen LogP contribution < -0.4 is 5.73 Å². The van der Waals surface area contributed by atoms with E-state index in [2.05, 4.69) is 50.1 Å².